The molecule has 1 N–H and O–H groups in total. The first-order chi connectivity index (χ1) is 10.1. The van der Waals surface area contributed by atoms with Crippen LogP contribution < -0.4 is 5.43 Å². The molecule has 0 radical (unpaired) electrons. The number of carbonyl (C=O) groups excluding carboxylic acids is 1. The fourth-order valence-corrected chi connectivity index (χ4v) is 2.02. The molecule has 7 heteroatoms. The molecule has 2 rings (SSSR count). The maximum absolute atomic E-state index is 11.9. The van der Waals surface area contributed by atoms with Gasteiger partial charge in [0.2, 0.25) is 0 Å². The van der Waals surface area contributed by atoms with Crippen LogP contribution in [0.25, 0.3) is 0 Å². The second-order valence-corrected chi connectivity index (χ2v) is 4.88. The van der Waals surface area contributed by atoms with Crippen molar-refractivity contribution in [1.82, 2.24) is 5.43 Å². The number of carbonyl (C=O) groups is 1. The smallest absolute Gasteiger partial charge is 0.267 e. The lowest BCUT2D eigenvalue weighted by Gasteiger charge is -2.01. The van der Waals surface area contributed by atoms with Gasteiger partial charge in [0.25, 0.3) is 11.6 Å². The molecule has 0 heterocycles. The van der Waals surface area contributed by atoms with Gasteiger partial charge in [-0.25, -0.2) is 5.43 Å². The number of benzene rings is 2. The Kier molecular flexibility index (Phi) is 4.78. The Hall–Kier alpha value is -2.54. The van der Waals surface area contributed by atoms with E-state index < -0.39 is 4.92 Å². The van der Waals surface area contributed by atoms with Crippen molar-refractivity contribution in [3.05, 3.63) is 74.2 Å². The summed E-state index contributed by atoms with van der Waals surface area (Å²) < 4.78 is 0.674. The second-order valence-electron chi connectivity index (χ2n) is 4.03. The molecule has 106 valence electrons. The molecule has 0 aliphatic rings. The lowest BCUT2D eigenvalue weighted by atomic mass is 10.2. The lowest BCUT2D eigenvalue weighted by Crippen LogP contribution is -2.18. The summed E-state index contributed by atoms with van der Waals surface area (Å²) in [4.78, 5) is 21.9. The Bertz CT molecular complexity index is 699. The van der Waals surface area contributed by atoms with Gasteiger partial charge in [0.1, 0.15) is 0 Å². The van der Waals surface area contributed by atoms with Crippen molar-refractivity contribution in [1.29, 1.82) is 0 Å². The minimum Gasteiger partial charge on any atom is -0.267 e. The lowest BCUT2D eigenvalue weighted by molar-refractivity contribution is -0.384. The normalized spacial score (nSPS) is 10.5. The van der Waals surface area contributed by atoms with Gasteiger partial charge in [-0.1, -0.05) is 12.1 Å². The van der Waals surface area contributed by atoms with Gasteiger partial charge < -0.3 is 0 Å². The Morgan fingerprint density at radius 3 is 2.48 bits per heavy atom. The summed E-state index contributed by atoms with van der Waals surface area (Å²) in [7, 11) is 0. The van der Waals surface area contributed by atoms with Crippen molar-refractivity contribution in [3.63, 3.8) is 0 Å². The largest absolute Gasteiger partial charge is 0.272 e. The van der Waals surface area contributed by atoms with E-state index in [9.17, 15) is 14.9 Å². The zero-order chi connectivity index (χ0) is 15.2. The molecule has 0 bridgehead atoms. The Morgan fingerprint density at radius 2 is 1.86 bits per heavy atom. The standard InChI is InChI=1S/C14H10BrN3O3/c15-13-4-2-1-3-12(13)14(19)17-16-9-10-5-7-11(8-6-10)18(20)21/h1-9H,(H,17,19). The van der Waals surface area contributed by atoms with E-state index in [1.54, 1.807) is 36.4 Å². The van der Waals surface area contributed by atoms with Crippen LogP contribution in [0, 0.1) is 10.1 Å². The van der Waals surface area contributed by atoms with Crippen LogP contribution in [0.3, 0.4) is 0 Å². The zero-order valence-electron chi connectivity index (χ0n) is 10.7. The maximum atomic E-state index is 11.9. The molecule has 0 aliphatic heterocycles. The fraction of sp³-hybridized carbons (Fsp3) is 0. The summed E-state index contributed by atoms with van der Waals surface area (Å²) in [6, 6.07) is 12.8. The number of nitro benzene ring substituents is 1. The Labute approximate surface area is 128 Å². The molecule has 2 aromatic carbocycles. The van der Waals surface area contributed by atoms with E-state index in [0.29, 0.717) is 15.6 Å². The highest BCUT2D eigenvalue weighted by Gasteiger charge is 2.07. The summed E-state index contributed by atoms with van der Waals surface area (Å²) >= 11 is 3.28. The topological polar surface area (TPSA) is 84.6 Å². The van der Waals surface area contributed by atoms with Crippen LogP contribution in [-0.4, -0.2) is 17.0 Å². The molecule has 0 aliphatic carbocycles. The van der Waals surface area contributed by atoms with Crippen LogP contribution in [0.4, 0.5) is 5.69 Å². The first-order valence-corrected chi connectivity index (χ1v) is 6.69. The monoisotopic (exact) mass is 347 g/mol. The predicted molar refractivity (Wildman–Crippen MR) is 82.3 cm³/mol. The summed E-state index contributed by atoms with van der Waals surface area (Å²) in [5.74, 6) is -0.347. The zero-order valence-corrected chi connectivity index (χ0v) is 12.3. The Balaban J connectivity index is 2.01. The number of nitrogens with one attached hydrogen (secondary N) is 1. The molecule has 2 aromatic rings. The summed E-state index contributed by atoms with van der Waals surface area (Å²) in [5, 5.41) is 14.3. The molecule has 6 nitrogen and oxygen atoms in total. The van der Waals surface area contributed by atoms with E-state index in [2.05, 4.69) is 26.5 Å². The van der Waals surface area contributed by atoms with E-state index in [1.807, 2.05) is 0 Å². The van der Waals surface area contributed by atoms with Crippen LogP contribution in [0.1, 0.15) is 15.9 Å². The molecular weight excluding hydrogens is 338 g/mol. The summed E-state index contributed by atoms with van der Waals surface area (Å²) in [6.45, 7) is 0. The first kappa shape index (κ1) is 14.9. The molecule has 0 aromatic heterocycles. The van der Waals surface area contributed by atoms with Crippen molar-refractivity contribution in [2.45, 2.75) is 0 Å². The Morgan fingerprint density at radius 1 is 1.19 bits per heavy atom. The van der Waals surface area contributed by atoms with E-state index in [0.717, 1.165) is 0 Å². The van der Waals surface area contributed by atoms with Gasteiger partial charge in [-0.3, -0.25) is 14.9 Å². The quantitative estimate of drug-likeness (QED) is 0.523. The van der Waals surface area contributed by atoms with Crippen molar-refractivity contribution in [2.75, 3.05) is 0 Å². The van der Waals surface area contributed by atoms with Crippen molar-refractivity contribution in [3.8, 4) is 0 Å². The number of halogens is 1. The average Bonchev–Trinajstić information content (AvgIpc) is 2.48. The molecule has 1 amide bonds. The SMILES string of the molecule is O=C(NN=Cc1ccc([N+](=O)[O-])cc1)c1ccccc1Br. The molecule has 0 saturated carbocycles. The predicted octanol–water partition coefficient (Wildman–Crippen LogP) is 3.12. The van der Waals surface area contributed by atoms with Crippen LogP contribution in [0.15, 0.2) is 58.1 Å². The highest BCUT2D eigenvalue weighted by atomic mass is 79.9. The van der Waals surface area contributed by atoms with Crippen LogP contribution in [0.5, 0.6) is 0 Å². The average molecular weight is 348 g/mol. The van der Waals surface area contributed by atoms with Gasteiger partial charge in [0, 0.05) is 16.6 Å². The maximum Gasteiger partial charge on any atom is 0.272 e. The minimum absolute atomic E-state index is 0.00408. The number of nitrogens with zero attached hydrogens (tertiary/aromatic N) is 2. The van der Waals surface area contributed by atoms with E-state index >= 15 is 0 Å². The summed E-state index contributed by atoms with van der Waals surface area (Å²) in [6.07, 6.45) is 1.42. The van der Waals surface area contributed by atoms with Crippen LogP contribution in [0.2, 0.25) is 0 Å². The van der Waals surface area contributed by atoms with Crippen LogP contribution >= 0.6 is 15.9 Å². The molecule has 0 fully saturated rings. The molecule has 0 saturated heterocycles. The summed E-state index contributed by atoms with van der Waals surface area (Å²) in [5.41, 5.74) is 3.51. The third-order valence-corrected chi connectivity index (χ3v) is 3.29. The number of nitro groups is 1. The molecule has 0 unspecified atom stereocenters. The second kappa shape index (κ2) is 6.76. The van der Waals surface area contributed by atoms with Gasteiger partial charge in [-0.2, -0.15) is 5.10 Å². The molecular formula is C14H10BrN3O3. The number of hydrazone groups is 1. The number of hydrogen-bond donors (Lipinski definition) is 1. The molecule has 21 heavy (non-hydrogen) atoms. The molecule has 0 atom stereocenters. The van der Waals surface area contributed by atoms with E-state index in [-0.39, 0.29) is 11.6 Å². The van der Waals surface area contributed by atoms with E-state index in [4.69, 9.17) is 0 Å². The fourth-order valence-electron chi connectivity index (χ4n) is 1.55. The van der Waals surface area contributed by atoms with Crippen molar-refractivity contribution < 1.29 is 9.72 Å². The van der Waals surface area contributed by atoms with Crippen molar-refractivity contribution >= 4 is 33.7 Å². The minimum atomic E-state index is -0.477. The number of rotatable bonds is 4. The number of amides is 1. The molecule has 0 spiro atoms. The van der Waals surface area contributed by atoms with E-state index in [1.165, 1.54) is 18.3 Å². The van der Waals surface area contributed by atoms with Gasteiger partial charge in [-0.05, 0) is 45.8 Å². The highest BCUT2D eigenvalue weighted by molar-refractivity contribution is 9.10. The third kappa shape index (κ3) is 3.96. The number of non-ortho nitro benzene ring substituents is 1. The first-order valence-electron chi connectivity index (χ1n) is 5.90. The van der Waals surface area contributed by atoms with Crippen molar-refractivity contribution in [2.24, 2.45) is 5.10 Å². The van der Waals surface area contributed by atoms with Crippen LogP contribution in [-0.2, 0) is 0 Å². The van der Waals surface area contributed by atoms with Gasteiger partial charge in [-0.15, -0.1) is 0 Å². The van der Waals surface area contributed by atoms with Gasteiger partial charge in [0.05, 0.1) is 16.7 Å². The highest BCUT2D eigenvalue weighted by Crippen LogP contribution is 2.15. The number of hydrogen-bond acceptors (Lipinski definition) is 4. The van der Waals surface area contributed by atoms with Gasteiger partial charge in [0.15, 0.2) is 0 Å². The van der Waals surface area contributed by atoms with Gasteiger partial charge >= 0.3 is 0 Å². The third-order valence-electron chi connectivity index (χ3n) is 2.60.